The van der Waals surface area contributed by atoms with Crippen LogP contribution in [0.3, 0.4) is 0 Å². The Morgan fingerprint density at radius 1 is 1.21 bits per heavy atom. The van der Waals surface area contributed by atoms with Crippen molar-refractivity contribution in [3.63, 3.8) is 0 Å². The summed E-state index contributed by atoms with van der Waals surface area (Å²) in [5.41, 5.74) is 0.795. The van der Waals surface area contributed by atoms with Crippen LogP contribution in [0.5, 0.6) is 0 Å². The summed E-state index contributed by atoms with van der Waals surface area (Å²) >= 11 is 0. The molecule has 0 bridgehead atoms. The van der Waals surface area contributed by atoms with Crippen molar-refractivity contribution < 1.29 is 4.92 Å². The number of para-hydroxylation sites is 1. The Kier molecular flexibility index (Phi) is 6.18. The van der Waals surface area contributed by atoms with E-state index in [4.69, 9.17) is 0 Å². The summed E-state index contributed by atoms with van der Waals surface area (Å²) in [6.45, 7) is 2.74. The highest BCUT2D eigenvalue weighted by atomic mass is 16.6. The third-order valence-electron chi connectivity index (χ3n) is 2.78. The standard InChI is InChI=1S/C14H21N3O2/c1-15(2)11-12-16(3)10-6-8-13-7-4-5-9-14(13)17(18)19/h4-9H,10-12H2,1-3H3. The second-order valence-electron chi connectivity index (χ2n) is 4.78. The van der Waals surface area contributed by atoms with Gasteiger partial charge in [0.2, 0.25) is 0 Å². The van der Waals surface area contributed by atoms with Crippen molar-refractivity contribution in [3.8, 4) is 0 Å². The van der Waals surface area contributed by atoms with E-state index in [1.165, 1.54) is 6.07 Å². The van der Waals surface area contributed by atoms with Crippen LogP contribution in [-0.2, 0) is 0 Å². The Bertz CT molecular complexity index is 444. The lowest BCUT2D eigenvalue weighted by Crippen LogP contribution is -2.28. The number of likely N-dealkylation sites (N-methyl/N-ethyl adjacent to an activating group) is 2. The van der Waals surface area contributed by atoms with Gasteiger partial charge in [-0.3, -0.25) is 10.1 Å². The van der Waals surface area contributed by atoms with E-state index in [1.807, 2.05) is 39.4 Å². The Labute approximate surface area is 114 Å². The highest BCUT2D eigenvalue weighted by Gasteiger charge is 2.08. The third kappa shape index (κ3) is 5.63. The molecular formula is C14H21N3O2. The molecule has 0 aliphatic carbocycles. The van der Waals surface area contributed by atoms with Gasteiger partial charge in [0.25, 0.3) is 5.69 Å². The number of hydrogen-bond acceptors (Lipinski definition) is 4. The van der Waals surface area contributed by atoms with Crippen LogP contribution in [0.4, 0.5) is 5.69 Å². The quantitative estimate of drug-likeness (QED) is 0.558. The molecule has 0 aliphatic rings. The minimum absolute atomic E-state index is 0.148. The fourth-order valence-corrected chi connectivity index (χ4v) is 1.62. The molecule has 0 fully saturated rings. The molecule has 104 valence electrons. The van der Waals surface area contributed by atoms with Gasteiger partial charge < -0.3 is 9.80 Å². The number of nitro benzene ring substituents is 1. The average Bonchev–Trinajstić information content (AvgIpc) is 2.36. The number of rotatable bonds is 7. The molecular weight excluding hydrogens is 242 g/mol. The van der Waals surface area contributed by atoms with Crippen molar-refractivity contribution in [1.29, 1.82) is 0 Å². The van der Waals surface area contributed by atoms with Crippen LogP contribution in [0.1, 0.15) is 5.56 Å². The molecule has 0 aliphatic heterocycles. The monoisotopic (exact) mass is 263 g/mol. The third-order valence-corrected chi connectivity index (χ3v) is 2.78. The maximum atomic E-state index is 10.9. The van der Waals surface area contributed by atoms with Crippen molar-refractivity contribution >= 4 is 11.8 Å². The maximum Gasteiger partial charge on any atom is 0.276 e. The molecule has 1 aromatic rings. The SMILES string of the molecule is CN(C)CCN(C)CC=Cc1ccccc1[N+](=O)[O-]. The lowest BCUT2D eigenvalue weighted by atomic mass is 10.1. The van der Waals surface area contributed by atoms with Gasteiger partial charge in [0, 0.05) is 25.7 Å². The van der Waals surface area contributed by atoms with E-state index < -0.39 is 0 Å². The van der Waals surface area contributed by atoms with Crippen molar-refractivity contribution in [2.45, 2.75) is 0 Å². The van der Waals surface area contributed by atoms with E-state index in [0.717, 1.165) is 19.6 Å². The summed E-state index contributed by atoms with van der Waals surface area (Å²) < 4.78 is 0. The number of nitro groups is 1. The summed E-state index contributed by atoms with van der Waals surface area (Å²) in [6, 6.07) is 6.77. The fraction of sp³-hybridized carbons (Fsp3) is 0.429. The maximum absolute atomic E-state index is 10.9. The predicted octanol–water partition coefficient (Wildman–Crippen LogP) is 2.10. The van der Waals surface area contributed by atoms with Crippen molar-refractivity contribution in [1.82, 2.24) is 9.80 Å². The van der Waals surface area contributed by atoms with Crippen LogP contribution >= 0.6 is 0 Å². The first-order valence-electron chi connectivity index (χ1n) is 6.24. The van der Waals surface area contributed by atoms with Gasteiger partial charge in [0.05, 0.1) is 10.5 Å². The first-order valence-corrected chi connectivity index (χ1v) is 6.24. The van der Waals surface area contributed by atoms with E-state index in [0.29, 0.717) is 5.56 Å². The molecule has 0 spiro atoms. The van der Waals surface area contributed by atoms with Crippen molar-refractivity contribution in [2.24, 2.45) is 0 Å². The molecule has 1 rings (SSSR count). The van der Waals surface area contributed by atoms with Crippen LogP contribution in [0.15, 0.2) is 30.3 Å². The lowest BCUT2D eigenvalue weighted by molar-refractivity contribution is -0.385. The minimum Gasteiger partial charge on any atom is -0.308 e. The van der Waals surface area contributed by atoms with Crippen LogP contribution < -0.4 is 0 Å². The Balaban J connectivity index is 2.55. The number of hydrogen-bond donors (Lipinski definition) is 0. The van der Waals surface area contributed by atoms with Gasteiger partial charge >= 0.3 is 0 Å². The topological polar surface area (TPSA) is 49.6 Å². The molecule has 1 aromatic carbocycles. The molecule has 0 saturated carbocycles. The van der Waals surface area contributed by atoms with Gasteiger partial charge in [-0.25, -0.2) is 0 Å². The van der Waals surface area contributed by atoms with Crippen LogP contribution in [0.25, 0.3) is 6.08 Å². The largest absolute Gasteiger partial charge is 0.308 e. The van der Waals surface area contributed by atoms with E-state index in [1.54, 1.807) is 12.1 Å². The molecule has 0 unspecified atom stereocenters. The van der Waals surface area contributed by atoms with Crippen LogP contribution in [0, 0.1) is 10.1 Å². The lowest BCUT2D eigenvalue weighted by Gasteiger charge is -2.17. The van der Waals surface area contributed by atoms with Gasteiger partial charge in [-0.2, -0.15) is 0 Å². The molecule has 0 amide bonds. The summed E-state index contributed by atoms with van der Waals surface area (Å²) in [4.78, 5) is 14.8. The van der Waals surface area contributed by atoms with E-state index in [2.05, 4.69) is 9.80 Å². The van der Waals surface area contributed by atoms with Gasteiger partial charge in [0.15, 0.2) is 0 Å². The molecule has 0 aromatic heterocycles. The highest BCUT2D eigenvalue weighted by molar-refractivity contribution is 5.60. The Morgan fingerprint density at radius 3 is 2.53 bits per heavy atom. The van der Waals surface area contributed by atoms with Gasteiger partial charge in [-0.05, 0) is 27.2 Å². The normalized spacial score (nSPS) is 11.6. The zero-order valence-corrected chi connectivity index (χ0v) is 11.7. The Hall–Kier alpha value is -1.72. The summed E-state index contributed by atoms with van der Waals surface area (Å²) in [5.74, 6) is 0. The summed E-state index contributed by atoms with van der Waals surface area (Å²) in [7, 11) is 6.11. The molecule has 0 saturated heterocycles. The zero-order valence-electron chi connectivity index (χ0n) is 11.7. The molecule has 0 N–H and O–H groups in total. The first kappa shape index (κ1) is 15.3. The predicted molar refractivity (Wildman–Crippen MR) is 78.2 cm³/mol. The molecule has 5 heteroatoms. The van der Waals surface area contributed by atoms with E-state index >= 15 is 0 Å². The van der Waals surface area contributed by atoms with Crippen molar-refractivity contribution in [3.05, 3.63) is 46.0 Å². The average molecular weight is 263 g/mol. The molecule has 19 heavy (non-hydrogen) atoms. The molecule has 5 nitrogen and oxygen atoms in total. The Morgan fingerprint density at radius 2 is 1.89 bits per heavy atom. The van der Waals surface area contributed by atoms with Gasteiger partial charge in [-0.15, -0.1) is 0 Å². The van der Waals surface area contributed by atoms with Crippen molar-refractivity contribution in [2.75, 3.05) is 40.8 Å². The second kappa shape index (κ2) is 7.66. The summed E-state index contributed by atoms with van der Waals surface area (Å²) in [6.07, 6.45) is 3.77. The molecule has 0 radical (unpaired) electrons. The van der Waals surface area contributed by atoms with Gasteiger partial charge in [0.1, 0.15) is 0 Å². The fourth-order valence-electron chi connectivity index (χ4n) is 1.62. The minimum atomic E-state index is -0.352. The molecule has 0 atom stereocenters. The molecule has 0 heterocycles. The zero-order chi connectivity index (χ0) is 14.3. The summed E-state index contributed by atoms with van der Waals surface area (Å²) in [5, 5.41) is 10.9. The second-order valence-corrected chi connectivity index (χ2v) is 4.78. The highest BCUT2D eigenvalue weighted by Crippen LogP contribution is 2.18. The number of nitrogens with zero attached hydrogens (tertiary/aromatic N) is 3. The van der Waals surface area contributed by atoms with E-state index in [-0.39, 0.29) is 10.6 Å². The first-order chi connectivity index (χ1) is 9.00. The number of benzene rings is 1. The van der Waals surface area contributed by atoms with E-state index in [9.17, 15) is 10.1 Å². The van der Waals surface area contributed by atoms with Gasteiger partial charge in [-0.1, -0.05) is 24.3 Å². The van der Waals surface area contributed by atoms with Crippen LogP contribution in [0.2, 0.25) is 0 Å². The van der Waals surface area contributed by atoms with Crippen LogP contribution in [-0.4, -0.2) is 55.5 Å². The smallest absolute Gasteiger partial charge is 0.276 e.